The number of carbonyl (C=O) groups excluding carboxylic acids is 1. The molecule has 3 heterocycles. The highest BCUT2D eigenvalue weighted by Crippen LogP contribution is 2.34. The fraction of sp³-hybridized carbons (Fsp3) is 0.292. The van der Waals surface area contributed by atoms with Crippen molar-refractivity contribution in [3.63, 3.8) is 0 Å². The van der Waals surface area contributed by atoms with Gasteiger partial charge in [-0.3, -0.25) is 4.79 Å². The summed E-state index contributed by atoms with van der Waals surface area (Å²) in [5.74, 6) is 2.10. The molecule has 1 amide bonds. The Bertz CT molecular complexity index is 1080. The number of carbonyl (C=O) groups is 1. The van der Waals surface area contributed by atoms with Crippen LogP contribution in [-0.4, -0.2) is 40.6 Å². The second-order valence-corrected chi connectivity index (χ2v) is 7.93. The summed E-state index contributed by atoms with van der Waals surface area (Å²) in [4.78, 5) is 24.4. The van der Waals surface area contributed by atoms with Crippen LogP contribution in [0.4, 0.5) is 5.82 Å². The van der Waals surface area contributed by atoms with Crippen LogP contribution in [-0.2, 0) is 6.42 Å². The number of nitrogens with one attached hydrogen (secondary N) is 1. The Morgan fingerprint density at radius 3 is 2.57 bits per heavy atom. The lowest BCUT2D eigenvalue weighted by molar-refractivity contribution is 0.0940. The van der Waals surface area contributed by atoms with E-state index in [-0.39, 0.29) is 5.91 Å². The van der Waals surface area contributed by atoms with Gasteiger partial charge in [-0.15, -0.1) is 0 Å². The van der Waals surface area contributed by atoms with Crippen LogP contribution in [0.15, 0.2) is 54.6 Å². The molecule has 0 atom stereocenters. The molecule has 1 aromatic heterocycles. The smallest absolute Gasteiger partial charge is 0.270 e. The molecule has 152 valence electrons. The molecule has 5 rings (SSSR count). The highest BCUT2D eigenvalue weighted by Gasteiger charge is 2.29. The molecule has 3 aromatic rings. The molecule has 1 saturated heterocycles. The minimum atomic E-state index is -0.119. The van der Waals surface area contributed by atoms with Gasteiger partial charge in [0, 0.05) is 30.8 Å². The molecule has 0 saturated carbocycles. The van der Waals surface area contributed by atoms with Gasteiger partial charge in [0.25, 0.3) is 5.91 Å². The fourth-order valence-electron chi connectivity index (χ4n) is 4.46. The molecule has 0 unspecified atom stereocenters. The van der Waals surface area contributed by atoms with Gasteiger partial charge in [0.1, 0.15) is 17.3 Å². The normalized spacial score (nSPS) is 16.8. The lowest BCUT2D eigenvalue weighted by atomic mass is 9.89. The lowest BCUT2D eigenvalue weighted by Gasteiger charge is -2.35. The van der Waals surface area contributed by atoms with Crippen molar-refractivity contribution in [3.8, 4) is 17.1 Å². The monoisotopic (exact) mass is 400 g/mol. The van der Waals surface area contributed by atoms with Crippen molar-refractivity contribution in [2.75, 3.05) is 24.5 Å². The number of aromatic nitrogens is 2. The first-order valence-electron chi connectivity index (χ1n) is 10.5. The second kappa shape index (κ2) is 7.78. The molecule has 6 heteroatoms. The van der Waals surface area contributed by atoms with Gasteiger partial charge in [-0.2, -0.15) is 0 Å². The van der Waals surface area contributed by atoms with Gasteiger partial charge in [-0.05, 0) is 42.9 Å². The van der Waals surface area contributed by atoms with Gasteiger partial charge >= 0.3 is 0 Å². The predicted molar refractivity (Wildman–Crippen MR) is 116 cm³/mol. The van der Waals surface area contributed by atoms with Gasteiger partial charge in [0.2, 0.25) is 0 Å². The van der Waals surface area contributed by atoms with E-state index < -0.39 is 0 Å². The maximum Gasteiger partial charge on any atom is 0.270 e. The molecule has 2 aromatic carbocycles. The fourth-order valence-corrected chi connectivity index (χ4v) is 4.46. The van der Waals surface area contributed by atoms with Crippen molar-refractivity contribution in [2.45, 2.75) is 25.2 Å². The quantitative estimate of drug-likeness (QED) is 0.703. The maximum atomic E-state index is 12.5. The van der Waals surface area contributed by atoms with E-state index in [0.717, 1.165) is 49.3 Å². The van der Waals surface area contributed by atoms with Crippen molar-refractivity contribution in [3.05, 3.63) is 71.4 Å². The number of phenolic OH excluding ortho intramolecular Hbond substituents is 1. The summed E-state index contributed by atoms with van der Waals surface area (Å²) in [6, 6.07) is 17.4. The van der Waals surface area contributed by atoms with Crippen LogP contribution in [0.3, 0.4) is 0 Å². The third kappa shape index (κ3) is 3.49. The molecule has 0 bridgehead atoms. The van der Waals surface area contributed by atoms with E-state index >= 15 is 0 Å². The average Bonchev–Trinajstić information content (AvgIpc) is 2.79. The highest BCUT2D eigenvalue weighted by atomic mass is 16.3. The SMILES string of the molecule is O=C1NCCc2c1nc(-c1ccccc1)nc2N1CCC(c2cccc(O)c2)CC1. The van der Waals surface area contributed by atoms with Gasteiger partial charge in [-0.25, -0.2) is 9.97 Å². The van der Waals surface area contributed by atoms with E-state index in [2.05, 4.69) is 21.3 Å². The number of hydrogen-bond acceptors (Lipinski definition) is 5. The van der Waals surface area contributed by atoms with Gasteiger partial charge < -0.3 is 15.3 Å². The highest BCUT2D eigenvalue weighted by molar-refractivity contribution is 5.96. The number of anilines is 1. The first kappa shape index (κ1) is 18.6. The largest absolute Gasteiger partial charge is 0.508 e. The van der Waals surface area contributed by atoms with E-state index in [1.165, 1.54) is 5.56 Å². The molecule has 1 fully saturated rings. The maximum absolute atomic E-state index is 12.5. The Balaban J connectivity index is 1.47. The number of piperidine rings is 1. The number of amides is 1. The molecule has 2 aliphatic rings. The molecule has 0 aliphatic carbocycles. The van der Waals surface area contributed by atoms with Crippen LogP contribution < -0.4 is 10.2 Å². The van der Waals surface area contributed by atoms with Crippen LogP contribution in [0.5, 0.6) is 5.75 Å². The third-order valence-corrected chi connectivity index (χ3v) is 6.03. The first-order valence-corrected chi connectivity index (χ1v) is 10.5. The molecule has 6 nitrogen and oxygen atoms in total. The summed E-state index contributed by atoms with van der Waals surface area (Å²) in [5, 5.41) is 12.7. The summed E-state index contributed by atoms with van der Waals surface area (Å²) in [6.45, 7) is 2.34. The standard InChI is InChI=1S/C24H24N4O2/c29-19-8-4-7-18(15-19)16-10-13-28(14-11-16)23-20-9-12-25-24(30)21(20)26-22(27-23)17-5-2-1-3-6-17/h1-8,15-16,29H,9-14H2,(H,25,30). The number of benzene rings is 2. The van der Waals surface area contributed by atoms with Crippen LogP contribution in [0.1, 0.15) is 40.4 Å². The number of rotatable bonds is 3. The Morgan fingerprint density at radius 1 is 1.00 bits per heavy atom. The predicted octanol–water partition coefficient (Wildman–Crippen LogP) is 3.52. The van der Waals surface area contributed by atoms with Gasteiger partial charge in [0.15, 0.2) is 5.82 Å². The van der Waals surface area contributed by atoms with E-state index in [0.29, 0.717) is 29.7 Å². The minimum absolute atomic E-state index is 0.119. The zero-order valence-electron chi connectivity index (χ0n) is 16.7. The molecular formula is C24H24N4O2. The van der Waals surface area contributed by atoms with Crippen LogP contribution >= 0.6 is 0 Å². The Morgan fingerprint density at radius 2 is 1.80 bits per heavy atom. The average molecular weight is 400 g/mol. The third-order valence-electron chi connectivity index (χ3n) is 6.03. The zero-order chi connectivity index (χ0) is 20.5. The molecule has 0 radical (unpaired) electrons. The summed E-state index contributed by atoms with van der Waals surface area (Å²) < 4.78 is 0. The summed E-state index contributed by atoms with van der Waals surface area (Å²) in [5.41, 5.74) is 3.55. The first-order chi connectivity index (χ1) is 14.7. The van der Waals surface area contributed by atoms with Crippen LogP contribution in [0.25, 0.3) is 11.4 Å². The summed E-state index contributed by atoms with van der Waals surface area (Å²) in [6.07, 6.45) is 2.71. The van der Waals surface area contributed by atoms with E-state index in [4.69, 9.17) is 4.98 Å². The van der Waals surface area contributed by atoms with Crippen molar-refractivity contribution in [1.29, 1.82) is 0 Å². The van der Waals surface area contributed by atoms with Crippen molar-refractivity contribution in [1.82, 2.24) is 15.3 Å². The van der Waals surface area contributed by atoms with Crippen molar-refractivity contribution < 1.29 is 9.90 Å². The Kier molecular flexibility index (Phi) is 4.83. The van der Waals surface area contributed by atoms with Crippen molar-refractivity contribution in [2.24, 2.45) is 0 Å². The Labute approximate surface area is 175 Å². The molecule has 2 N–H and O–H groups in total. The number of fused-ring (bicyclic) bond motifs is 1. The summed E-state index contributed by atoms with van der Waals surface area (Å²) in [7, 11) is 0. The zero-order valence-corrected chi connectivity index (χ0v) is 16.7. The molecule has 0 spiro atoms. The number of nitrogens with zero attached hydrogens (tertiary/aromatic N) is 3. The summed E-state index contributed by atoms with van der Waals surface area (Å²) >= 11 is 0. The number of phenols is 1. The van der Waals surface area contributed by atoms with Crippen LogP contribution in [0, 0.1) is 0 Å². The van der Waals surface area contributed by atoms with E-state index in [1.54, 1.807) is 6.07 Å². The van der Waals surface area contributed by atoms with E-state index in [1.807, 2.05) is 42.5 Å². The Hall–Kier alpha value is -3.41. The lowest BCUT2D eigenvalue weighted by Crippen LogP contribution is -2.38. The number of aromatic hydroxyl groups is 1. The number of hydrogen-bond donors (Lipinski definition) is 2. The van der Waals surface area contributed by atoms with Crippen molar-refractivity contribution >= 4 is 11.7 Å². The minimum Gasteiger partial charge on any atom is -0.508 e. The van der Waals surface area contributed by atoms with Gasteiger partial charge in [0.05, 0.1) is 0 Å². The molecule has 30 heavy (non-hydrogen) atoms. The second-order valence-electron chi connectivity index (χ2n) is 7.93. The van der Waals surface area contributed by atoms with E-state index in [9.17, 15) is 9.90 Å². The topological polar surface area (TPSA) is 78.4 Å². The molecular weight excluding hydrogens is 376 g/mol. The van der Waals surface area contributed by atoms with Crippen LogP contribution in [0.2, 0.25) is 0 Å². The molecule has 2 aliphatic heterocycles. The van der Waals surface area contributed by atoms with Gasteiger partial charge in [-0.1, -0.05) is 42.5 Å².